The van der Waals surface area contributed by atoms with Crippen molar-refractivity contribution >= 4 is 0 Å². The normalized spacial score (nSPS) is 37.7. The van der Waals surface area contributed by atoms with Crippen LogP contribution in [-0.2, 0) is 0 Å². The first-order valence-corrected chi connectivity index (χ1v) is 12.3. The lowest BCUT2D eigenvalue weighted by Crippen LogP contribution is -2.40. The van der Waals surface area contributed by atoms with Gasteiger partial charge in [-0.1, -0.05) is 71.3 Å². The van der Waals surface area contributed by atoms with Gasteiger partial charge in [0.05, 0.1) is 6.10 Å². The molecule has 5 atom stereocenters. The molecule has 1 unspecified atom stereocenters. The Labute approximate surface area is 184 Å². The van der Waals surface area contributed by atoms with Crippen LogP contribution in [0.4, 0.5) is 0 Å². The summed E-state index contributed by atoms with van der Waals surface area (Å²) in [4.78, 5) is 0. The average molecular weight is 417 g/mol. The molecule has 3 N–H and O–H groups in total. The molecule has 3 saturated carbocycles. The van der Waals surface area contributed by atoms with Gasteiger partial charge in [0.2, 0.25) is 0 Å². The van der Waals surface area contributed by atoms with Gasteiger partial charge >= 0.3 is 0 Å². The van der Waals surface area contributed by atoms with E-state index in [2.05, 4.69) is 40.3 Å². The maximum absolute atomic E-state index is 10.1. The van der Waals surface area contributed by atoms with Gasteiger partial charge in [0.15, 0.2) is 5.79 Å². The zero-order valence-electron chi connectivity index (χ0n) is 19.7. The van der Waals surface area contributed by atoms with E-state index in [9.17, 15) is 15.3 Å². The van der Waals surface area contributed by atoms with Gasteiger partial charge in [-0.3, -0.25) is 0 Å². The summed E-state index contributed by atoms with van der Waals surface area (Å²) in [6.07, 6.45) is 14.2. The Kier molecular flexibility index (Phi) is 7.37. The van der Waals surface area contributed by atoms with Crippen LogP contribution >= 0.6 is 0 Å². The van der Waals surface area contributed by atoms with Gasteiger partial charge in [-0.2, -0.15) is 0 Å². The minimum Gasteiger partial charge on any atom is -0.393 e. The molecule has 0 heterocycles. The number of hydrogen-bond acceptors (Lipinski definition) is 3. The summed E-state index contributed by atoms with van der Waals surface area (Å²) in [6.45, 7) is 13.5. The first kappa shape index (κ1) is 23.8. The number of fused-ring (bicyclic) bond motifs is 1. The Balaban J connectivity index is 1.74. The van der Waals surface area contributed by atoms with Crippen LogP contribution in [0.15, 0.2) is 35.5 Å². The predicted molar refractivity (Wildman–Crippen MR) is 124 cm³/mol. The third-order valence-corrected chi connectivity index (χ3v) is 8.51. The molecular weight excluding hydrogens is 372 g/mol. The summed E-state index contributed by atoms with van der Waals surface area (Å²) < 4.78 is 0. The van der Waals surface area contributed by atoms with Crippen LogP contribution in [0.5, 0.6) is 0 Å². The number of hydrogen-bond donors (Lipinski definition) is 3. The van der Waals surface area contributed by atoms with E-state index < -0.39 is 11.9 Å². The molecule has 0 aromatic rings. The SMILES string of the molecule is C=C1/C(=C\C=C2/CCC[C@@]3(C)C2CC[C@@H]3[C@H](C)CCCC(C)C)C[C@@H](O)CC1(O)O. The Hall–Kier alpha value is -0.900. The lowest BCUT2D eigenvalue weighted by molar-refractivity contribution is -0.155. The van der Waals surface area contributed by atoms with E-state index in [1.807, 2.05) is 6.08 Å². The van der Waals surface area contributed by atoms with Crippen LogP contribution in [0.3, 0.4) is 0 Å². The Morgan fingerprint density at radius 3 is 2.57 bits per heavy atom. The zero-order valence-corrected chi connectivity index (χ0v) is 19.7. The van der Waals surface area contributed by atoms with Crippen molar-refractivity contribution in [1.29, 1.82) is 0 Å². The van der Waals surface area contributed by atoms with Crippen molar-refractivity contribution in [3.05, 3.63) is 35.5 Å². The van der Waals surface area contributed by atoms with Crippen molar-refractivity contribution in [2.45, 2.75) is 104 Å². The summed E-state index contributed by atoms with van der Waals surface area (Å²) in [5.41, 5.74) is 3.02. The average Bonchev–Trinajstić information content (AvgIpc) is 3.00. The minimum atomic E-state index is -1.99. The molecule has 0 aromatic heterocycles. The quantitative estimate of drug-likeness (QED) is 0.472. The highest BCUT2D eigenvalue weighted by molar-refractivity contribution is 5.40. The molecule has 0 bridgehead atoms. The second-order valence-electron chi connectivity index (χ2n) is 11.2. The first-order valence-electron chi connectivity index (χ1n) is 12.3. The smallest absolute Gasteiger partial charge is 0.191 e. The first-order chi connectivity index (χ1) is 14.0. The fraction of sp³-hybridized carbons (Fsp3) is 0.778. The van der Waals surface area contributed by atoms with Gasteiger partial charge in [0, 0.05) is 12.0 Å². The van der Waals surface area contributed by atoms with E-state index in [-0.39, 0.29) is 6.42 Å². The highest BCUT2D eigenvalue weighted by Gasteiger charge is 2.50. The van der Waals surface area contributed by atoms with E-state index >= 15 is 0 Å². The topological polar surface area (TPSA) is 60.7 Å². The van der Waals surface area contributed by atoms with Crippen molar-refractivity contribution in [3.63, 3.8) is 0 Å². The van der Waals surface area contributed by atoms with E-state index in [1.54, 1.807) is 0 Å². The molecule has 0 amide bonds. The van der Waals surface area contributed by atoms with Crippen molar-refractivity contribution < 1.29 is 15.3 Å². The molecule has 0 radical (unpaired) electrons. The minimum absolute atomic E-state index is 0.0587. The summed E-state index contributed by atoms with van der Waals surface area (Å²) in [5.74, 6) is 1.03. The second-order valence-corrected chi connectivity index (χ2v) is 11.2. The lowest BCUT2D eigenvalue weighted by Gasteiger charge is -2.44. The van der Waals surface area contributed by atoms with Crippen molar-refractivity contribution in [3.8, 4) is 0 Å². The van der Waals surface area contributed by atoms with Crippen molar-refractivity contribution in [1.82, 2.24) is 0 Å². The molecule has 0 saturated heterocycles. The molecular formula is C27H44O3. The van der Waals surface area contributed by atoms with Gasteiger partial charge in [-0.25, -0.2) is 0 Å². The third kappa shape index (κ3) is 4.95. The van der Waals surface area contributed by atoms with Crippen LogP contribution < -0.4 is 0 Å². The fourth-order valence-corrected chi connectivity index (χ4v) is 6.80. The molecule has 3 fully saturated rings. The largest absolute Gasteiger partial charge is 0.393 e. The summed E-state index contributed by atoms with van der Waals surface area (Å²) in [5, 5.41) is 30.3. The molecule has 0 aliphatic heterocycles. The number of aliphatic hydroxyl groups is 3. The lowest BCUT2D eigenvalue weighted by atomic mass is 9.60. The number of aliphatic hydroxyl groups excluding tert-OH is 1. The molecule has 3 aliphatic rings. The van der Waals surface area contributed by atoms with Gasteiger partial charge in [0.1, 0.15) is 0 Å². The highest BCUT2D eigenvalue weighted by Crippen LogP contribution is 2.60. The molecule has 0 aromatic carbocycles. The van der Waals surface area contributed by atoms with E-state index in [0.717, 1.165) is 29.7 Å². The summed E-state index contributed by atoms with van der Waals surface area (Å²) >= 11 is 0. The maximum atomic E-state index is 10.1. The Morgan fingerprint density at radius 1 is 1.13 bits per heavy atom. The molecule has 0 spiro atoms. The van der Waals surface area contributed by atoms with Gasteiger partial charge in [0.25, 0.3) is 0 Å². The third-order valence-electron chi connectivity index (χ3n) is 8.51. The van der Waals surface area contributed by atoms with E-state index in [4.69, 9.17) is 0 Å². The van der Waals surface area contributed by atoms with Gasteiger partial charge in [-0.15, -0.1) is 0 Å². The number of rotatable bonds is 6. The zero-order chi connectivity index (χ0) is 22.1. The van der Waals surface area contributed by atoms with Crippen LogP contribution in [0.25, 0.3) is 0 Å². The molecule has 170 valence electrons. The fourth-order valence-electron chi connectivity index (χ4n) is 6.80. The molecule has 3 nitrogen and oxygen atoms in total. The monoisotopic (exact) mass is 416 g/mol. The molecule has 3 aliphatic carbocycles. The molecule has 30 heavy (non-hydrogen) atoms. The summed E-state index contributed by atoms with van der Waals surface area (Å²) in [6, 6.07) is 0. The molecule has 3 rings (SSSR count). The standard InChI is InChI=1S/C27H44O3/c1-18(2)8-6-9-19(3)24-13-14-25-21(10-7-15-26(24,25)5)11-12-22-16-23(28)17-27(29,30)20(22)4/h11-12,18-19,23-25,28-30H,4,6-10,13-17H2,1-3,5H3/b21-11+,22-12-/t19-,23-,24-,25?,26-/m1/s1. The van der Waals surface area contributed by atoms with Crippen LogP contribution in [0.2, 0.25) is 0 Å². The van der Waals surface area contributed by atoms with Crippen LogP contribution in [-0.4, -0.2) is 27.2 Å². The molecule has 3 heteroatoms. The van der Waals surface area contributed by atoms with E-state index in [1.165, 1.54) is 50.5 Å². The van der Waals surface area contributed by atoms with Crippen molar-refractivity contribution in [2.24, 2.45) is 29.1 Å². The van der Waals surface area contributed by atoms with E-state index in [0.29, 0.717) is 23.3 Å². The van der Waals surface area contributed by atoms with Crippen molar-refractivity contribution in [2.75, 3.05) is 0 Å². The maximum Gasteiger partial charge on any atom is 0.191 e. The summed E-state index contributed by atoms with van der Waals surface area (Å²) in [7, 11) is 0. The number of allylic oxidation sites excluding steroid dienone is 3. The van der Waals surface area contributed by atoms with Crippen LogP contribution in [0, 0.1) is 29.1 Å². The predicted octanol–water partition coefficient (Wildman–Crippen LogP) is 5.91. The second kappa shape index (κ2) is 9.30. The van der Waals surface area contributed by atoms with Gasteiger partial charge < -0.3 is 15.3 Å². The van der Waals surface area contributed by atoms with Gasteiger partial charge in [-0.05, 0) is 73.2 Å². The van der Waals surface area contributed by atoms with Crippen LogP contribution in [0.1, 0.15) is 91.9 Å². The Morgan fingerprint density at radius 2 is 1.87 bits per heavy atom. The highest BCUT2D eigenvalue weighted by atomic mass is 16.5. The Bertz CT molecular complexity index is 686.